The number of hydrogen-bond acceptors (Lipinski definition) is 5. The number of hydrogen-bond donors (Lipinski definition) is 0. The van der Waals surface area contributed by atoms with Crippen LogP contribution < -0.4 is 0 Å². The van der Waals surface area contributed by atoms with Crippen LogP contribution >= 0.6 is 22.9 Å². The summed E-state index contributed by atoms with van der Waals surface area (Å²) in [5, 5.41) is 10.1. The lowest BCUT2D eigenvalue weighted by Crippen LogP contribution is -2.18. The summed E-state index contributed by atoms with van der Waals surface area (Å²) in [4.78, 5) is 12.6. The van der Waals surface area contributed by atoms with Crippen molar-refractivity contribution in [2.24, 2.45) is 15.6 Å². The molecule has 0 aliphatic heterocycles. The van der Waals surface area contributed by atoms with E-state index in [4.69, 9.17) is 16.3 Å². The van der Waals surface area contributed by atoms with E-state index in [1.807, 2.05) is 32.2 Å². The smallest absolute Gasteiger partial charge is 0.360 e. The Balaban J connectivity index is 3.08. The minimum atomic E-state index is -0.493. The first-order valence-electron chi connectivity index (χ1n) is 5.89. The molecule has 0 saturated heterocycles. The minimum absolute atomic E-state index is 0.180. The van der Waals surface area contributed by atoms with Crippen LogP contribution in [0.15, 0.2) is 27.7 Å². The monoisotopic (exact) mass is 300 g/mol. The van der Waals surface area contributed by atoms with Gasteiger partial charge in [0.15, 0.2) is 5.71 Å². The van der Waals surface area contributed by atoms with Gasteiger partial charge in [-0.25, -0.2) is 4.79 Å². The van der Waals surface area contributed by atoms with Gasteiger partial charge in [-0.3, -0.25) is 0 Å². The van der Waals surface area contributed by atoms with Gasteiger partial charge in [0.1, 0.15) is 5.17 Å². The average Bonchev–Trinajstić information content (AvgIpc) is 2.81. The SMILES string of the molecule is CCOC(=O)/C(=N/N=C(/Cl)C(C)(C)C)c1cccs1. The Hall–Kier alpha value is -1.20. The molecule has 0 aromatic carbocycles. The van der Waals surface area contributed by atoms with Gasteiger partial charge < -0.3 is 4.74 Å². The van der Waals surface area contributed by atoms with Gasteiger partial charge in [0.25, 0.3) is 0 Å². The molecule has 19 heavy (non-hydrogen) atoms. The predicted octanol–water partition coefficient (Wildman–Crippen LogP) is 3.70. The normalized spacial score (nSPS) is 13.5. The van der Waals surface area contributed by atoms with Gasteiger partial charge in [0, 0.05) is 5.41 Å². The molecule has 0 spiro atoms. The quantitative estimate of drug-likeness (QED) is 0.483. The first-order valence-corrected chi connectivity index (χ1v) is 7.14. The van der Waals surface area contributed by atoms with Crippen molar-refractivity contribution in [1.29, 1.82) is 0 Å². The van der Waals surface area contributed by atoms with E-state index >= 15 is 0 Å². The van der Waals surface area contributed by atoms with Crippen LogP contribution in [0.25, 0.3) is 0 Å². The highest BCUT2D eigenvalue weighted by molar-refractivity contribution is 7.13. The molecule has 0 saturated carbocycles. The van der Waals surface area contributed by atoms with Gasteiger partial charge in [-0.15, -0.1) is 21.5 Å². The zero-order valence-electron chi connectivity index (χ0n) is 11.4. The number of halogens is 1. The third kappa shape index (κ3) is 4.76. The maximum absolute atomic E-state index is 11.8. The molecule has 0 radical (unpaired) electrons. The lowest BCUT2D eigenvalue weighted by molar-refractivity contribution is -0.134. The van der Waals surface area contributed by atoms with Crippen molar-refractivity contribution >= 4 is 39.8 Å². The lowest BCUT2D eigenvalue weighted by Gasteiger charge is -2.14. The van der Waals surface area contributed by atoms with Gasteiger partial charge in [-0.2, -0.15) is 0 Å². The molecule has 1 aromatic heterocycles. The Morgan fingerprint density at radius 3 is 2.58 bits per heavy atom. The van der Waals surface area contributed by atoms with Crippen molar-refractivity contribution in [2.45, 2.75) is 27.7 Å². The van der Waals surface area contributed by atoms with Crippen LogP contribution in [0.3, 0.4) is 0 Å². The number of esters is 1. The standard InChI is InChI=1S/C13H17ClN2O2S/c1-5-18-11(17)10(9-7-6-8-19-9)15-16-12(14)13(2,3)4/h6-8H,5H2,1-4H3/b15-10+,16-12+. The molecular formula is C13H17ClN2O2S. The molecule has 0 unspecified atom stereocenters. The first-order chi connectivity index (χ1) is 8.86. The predicted molar refractivity (Wildman–Crippen MR) is 80.2 cm³/mol. The number of rotatable bonds is 4. The highest BCUT2D eigenvalue weighted by Crippen LogP contribution is 2.19. The summed E-state index contributed by atoms with van der Waals surface area (Å²) in [6.45, 7) is 7.80. The van der Waals surface area contributed by atoms with E-state index in [-0.39, 0.29) is 11.1 Å². The number of thiophene rings is 1. The second-order valence-electron chi connectivity index (χ2n) is 4.79. The first kappa shape index (κ1) is 15.9. The van der Waals surface area contributed by atoms with Crippen molar-refractivity contribution in [3.8, 4) is 0 Å². The Morgan fingerprint density at radius 2 is 2.11 bits per heavy atom. The molecule has 0 aliphatic rings. The Bertz CT molecular complexity index is 487. The largest absolute Gasteiger partial charge is 0.461 e. The fraction of sp³-hybridized carbons (Fsp3) is 0.462. The van der Waals surface area contributed by atoms with E-state index in [1.54, 1.807) is 13.0 Å². The van der Waals surface area contributed by atoms with Crippen molar-refractivity contribution < 1.29 is 9.53 Å². The summed E-state index contributed by atoms with van der Waals surface area (Å²) in [5.41, 5.74) is -0.125. The van der Waals surface area contributed by atoms with Gasteiger partial charge in [-0.05, 0) is 18.4 Å². The molecule has 4 nitrogen and oxygen atoms in total. The third-order valence-electron chi connectivity index (χ3n) is 2.08. The van der Waals surface area contributed by atoms with Crippen molar-refractivity contribution in [2.75, 3.05) is 6.61 Å². The fourth-order valence-electron chi connectivity index (χ4n) is 1.05. The molecule has 1 aromatic rings. The van der Waals surface area contributed by atoms with E-state index in [1.165, 1.54) is 11.3 Å². The van der Waals surface area contributed by atoms with Crippen molar-refractivity contribution in [3.05, 3.63) is 22.4 Å². The minimum Gasteiger partial charge on any atom is -0.461 e. The summed E-state index contributed by atoms with van der Waals surface area (Å²) in [6.07, 6.45) is 0. The summed E-state index contributed by atoms with van der Waals surface area (Å²) >= 11 is 7.44. The van der Waals surface area contributed by atoms with Crippen LogP contribution in [-0.2, 0) is 9.53 Å². The summed E-state index contributed by atoms with van der Waals surface area (Å²) in [6, 6.07) is 3.63. The van der Waals surface area contributed by atoms with E-state index in [0.717, 1.165) is 0 Å². The topological polar surface area (TPSA) is 51.0 Å². The number of carbonyl (C=O) groups excluding carboxylic acids is 1. The maximum atomic E-state index is 11.8. The number of nitrogens with zero attached hydrogens (tertiary/aromatic N) is 2. The molecule has 0 fully saturated rings. The Kier molecular flexibility index (Phi) is 5.69. The van der Waals surface area contributed by atoms with Gasteiger partial charge in [-0.1, -0.05) is 38.4 Å². The summed E-state index contributed by atoms with van der Waals surface area (Å²) < 4.78 is 4.97. The highest BCUT2D eigenvalue weighted by atomic mass is 35.5. The second-order valence-corrected chi connectivity index (χ2v) is 6.09. The zero-order valence-corrected chi connectivity index (χ0v) is 13.0. The molecule has 0 N–H and O–H groups in total. The van der Waals surface area contributed by atoms with Gasteiger partial charge in [0.2, 0.25) is 0 Å². The molecule has 6 heteroatoms. The van der Waals surface area contributed by atoms with Crippen molar-refractivity contribution in [3.63, 3.8) is 0 Å². The van der Waals surface area contributed by atoms with Gasteiger partial charge >= 0.3 is 5.97 Å². The van der Waals surface area contributed by atoms with Crippen molar-refractivity contribution in [1.82, 2.24) is 0 Å². The molecule has 0 amide bonds. The molecule has 1 rings (SSSR count). The molecule has 1 heterocycles. The van der Waals surface area contributed by atoms with E-state index in [0.29, 0.717) is 16.7 Å². The maximum Gasteiger partial charge on any atom is 0.360 e. The van der Waals surface area contributed by atoms with Crippen LogP contribution in [0.4, 0.5) is 0 Å². The number of carbonyl (C=O) groups is 1. The molecule has 104 valence electrons. The van der Waals surface area contributed by atoms with Crippen LogP contribution in [0.5, 0.6) is 0 Å². The fourth-order valence-corrected chi connectivity index (χ4v) is 1.78. The third-order valence-corrected chi connectivity index (χ3v) is 3.60. The molecular weight excluding hydrogens is 284 g/mol. The van der Waals surface area contributed by atoms with Crippen LogP contribution in [0.2, 0.25) is 0 Å². The zero-order chi connectivity index (χ0) is 14.5. The summed E-state index contributed by atoms with van der Waals surface area (Å²) in [7, 11) is 0. The molecule has 0 aliphatic carbocycles. The van der Waals surface area contributed by atoms with E-state index in [2.05, 4.69) is 10.2 Å². The van der Waals surface area contributed by atoms with Crippen LogP contribution in [0, 0.1) is 5.41 Å². The average molecular weight is 301 g/mol. The number of ether oxygens (including phenoxy) is 1. The van der Waals surface area contributed by atoms with Crippen LogP contribution in [0.1, 0.15) is 32.6 Å². The van der Waals surface area contributed by atoms with E-state index in [9.17, 15) is 4.79 Å². The Morgan fingerprint density at radius 1 is 1.42 bits per heavy atom. The van der Waals surface area contributed by atoms with Crippen LogP contribution in [-0.4, -0.2) is 23.5 Å². The Labute approximate surface area is 122 Å². The van der Waals surface area contributed by atoms with Gasteiger partial charge in [0.05, 0.1) is 11.5 Å². The molecule has 0 bridgehead atoms. The van der Waals surface area contributed by atoms with E-state index < -0.39 is 5.97 Å². The second kappa shape index (κ2) is 6.82. The highest BCUT2D eigenvalue weighted by Gasteiger charge is 2.19. The molecule has 0 atom stereocenters. The lowest BCUT2D eigenvalue weighted by atomic mass is 9.99. The summed E-state index contributed by atoms with van der Waals surface area (Å²) in [5.74, 6) is -0.493.